The first kappa shape index (κ1) is 8.04. The number of hydrogen-bond donors (Lipinski definition) is 1. The highest BCUT2D eigenvalue weighted by Crippen LogP contribution is 2.09. The Balaban J connectivity index is 3.06. The van der Waals surface area contributed by atoms with Crippen LogP contribution in [-0.2, 0) is 0 Å². The molecule has 0 spiro atoms. The van der Waals surface area contributed by atoms with Gasteiger partial charge in [-0.3, -0.25) is 9.20 Å². The molecule has 0 aliphatic carbocycles. The van der Waals surface area contributed by atoms with Crippen LogP contribution < -0.4 is 5.56 Å². The summed E-state index contributed by atoms with van der Waals surface area (Å²) in [6.45, 7) is 5.71. The van der Waals surface area contributed by atoms with E-state index in [0.717, 1.165) is 22.9 Å². The number of nitrogens with zero attached hydrogens (tertiary/aromatic N) is 2. The topological polar surface area (TPSA) is 50.2 Å². The molecule has 4 heteroatoms. The molecule has 0 fully saturated rings. The Labute approximate surface area is 75.2 Å². The fourth-order valence-electron chi connectivity index (χ4n) is 1.65. The first-order valence-corrected chi connectivity index (χ1v) is 4.15. The summed E-state index contributed by atoms with van der Waals surface area (Å²) < 4.78 is 1.94. The minimum Gasteiger partial charge on any atom is -0.307 e. The van der Waals surface area contributed by atoms with Gasteiger partial charge in [0.2, 0.25) is 0 Å². The van der Waals surface area contributed by atoms with Crippen molar-refractivity contribution in [1.82, 2.24) is 14.4 Å². The quantitative estimate of drug-likeness (QED) is 0.651. The number of hydrogen-bond acceptors (Lipinski definition) is 2. The molecule has 2 aromatic rings. The first-order valence-electron chi connectivity index (χ1n) is 4.15. The van der Waals surface area contributed by atoms with Crippen molar-refractivity contribution in [3.05, 3.63) is 33.6 Å². The monoisotopic (exact) mass is 177 g/mol. The zero-order valence-corrected chi connectivity index (χ0v) is 7.88. The van der Waals surface area contributed by atoms with Gasteiger partial charge in [0.25, 0.3) is 5.56 Å². The summed E-state index contributed by atoms with van der Waals surface area (Å²) in [6.07, 6.45) is 0. The average Bonchev–Trinajstić information content (AvgIpc) is 2.27. The van der Waals surface area contributed by atoms with E-state index in [2.05, 4.69) is 9.97 Å². The maximum atomic E-state index is 11.2. The van der Waals surface area contributed by atoms with E-state index in [4.69, 9.17) is 0 Å². The zero-order chi connectivity index (χ0) is 9.59. The molecule has 2 rings (SSSR count). The van der Waals surface area contributed by atoms with Crippen molar-refractivity contribution in [2.45, 2.75) is 20.8 Å². The van der Waals surface area contributed by atoms with Crippen LogP contribution in [0.25, 0.3) is 5.65 Å². The lowest BCUT2D eigenvalue weighted by Gasteiger charge is -2.00. The minimum absolute atomic E-state index is 0.0759. The molecule has 0 saturated heterocycles. The van der Waals surface area contributed by atoms with Crippen LogP contribution in [0.1, 0.15) is 17.2 Å². The Bertz CT molecular complexity index is 521. The lowest BCUT2D eigenvalue weighted by molar-refractivity contribution is 0.964. The van der Waals surface area contributed by atoms with E-state index in [1.807, 2.05) is 25.2 Å². The summed E-state index contributed by atoms with van der Waals surface area (Å²) in [6, 6.07) is 1.57. The minimum atomic E-state index is -0.0759. The third kappa shape index (κ3) is 1.06. The highest BCUT2D eigenvalue weighted by molar-refractivity contribution is 5.45. The van der Waals surface area contributed by atoms with Gasteiger partial charge in [-0.25, -0.2) is 4.98 Å². The number of imidazole rings is 1. The molecular formula is C9H11N3O. The van der Waals surface area contributed by atoms with Crippen molar-refractivity contribution in [2.24, 2.45) is 0 Å². The van der Waals surface area contributed by atoms with Gasteiger partial charge in [-0.1, -0.05) is 0 Å². The van der Waals surface area contributed by atoms with E-state index in [-0.39, 0.29) is 5.56 Å². The third-order valence-corrected chi connectivity index (χ3v) is 2.15. The largest absolute Gasteiger partial charge is 0.307 e. The molecule has 1 N–H and O–H groups in total. The van der Waals surface area contributed by atoms with Gasteiger partial charge in [0.05, 0.1) is 5.69 Å². The number of aryl methyl sites for hydroxylation is 3. The first-order chi connectivity index (χ1) is 6.09. The van der Waals surface area contributed by atoms with Crippen LogP contribution in [0.2, 0.25) is 0 Å². The van der Waals surface area contributed by atoms with Gasteiger partial charge >= 0.3 is 0 Å². The lowest BCUT2D eigenvalue weighted by Crippen LogP contribution is -2.09. The van der Waals surface area contributed by atoms with E-state index in [1.54, 1.807) is 6.07 Å². The molecule has 2 heterocycles. The van der Waals surface area contributed by atoms with E-state index in [9.17, 15) is 4.79 Å². The molecule has 0 atom stereocenters. The number of rotatable bonds is 0. The van der Waals surface area contributed by atoms with Gasteiger partial charge in [-0.2, -0.15) is 0 Å². The lowest BCUT2D eigenvalue weighted by atomic mass is 10.4. The molecule has 68 valence electrons. The smallest absolute Gasteiger partial charge is 0.251 e. The molecule has 13 heavy (non-hydrogen) atoms. The molecule has 4 nitrogen and oxygen atoms in total. The predicted molar refractivity (Wildman–Crippen MR) is 50.0 cm³/mol. The number of nitrogens with one attached hydrogen (secondary N) is 1. The average molecular weight is 177 g/mol. The molecule has 0 bridgehead atoms. The Morgan fingerprint density at radius 3 is 2.77 bits per heavy atom. The second-order valence-electron chi connectivity index (χ2n) is 3.20. The number of aromatic nitrogens is 3. The second kappa shape index (κ2) is 2.45. The van der Waals surface area contributed by atoms with Gasteiger partial charge < -0.3 is 4.98 Å². The Morgan fingerprint density at radius 2 is 2.08 bits per heavy atom. The van der Waals surface area contributed by atoms with Crippen molar-refractivity contribution in [2.75, 3.05) is 0 Å². The van der Waals surface area contributed by atoms with Crippen LogP contribution in [0.15, 0.2) is 10.9 Å². The van der Waals surface area contributed by atoms with E-state index >= 15 is 0 Å². The van der Waals surface area contributed by atoms with Crippen LogP contribution in [0.4, 0.5) is 0 Å². The van der Waals surface area contributed by atoms with Crippen LogP contribution in [0.5, 0.6) is 0 Å². The molecule has 0 aliphatic heterocycles. The van der Waals surface area contributed by atoms with Gasteiger partial charge in [-0.05, 0) is 20.8 Å². The van der Waals surface area contributed by atoms with Gasteiger partial charge in [0.15, 0.2) is 0 Å². The predicted octanol–water partition coefficient (Wildman–Crippen LogP) is 0.948. The Hall–Kier alpha value is -1.58. The number of aromatic amines is 1. The molecule has 0 aliphatic rings. The molecule has 0 saturated carbocycles. The van der Waals surface area contributed by atoms with E-state index in [1.165, 1.54) is 0 Å². The summed E-state index contributed by atoms with van der Waals surface area (Å²) in [5, 5.41) is 0. The van der Waals surface area contributed by atoms with Crippen molar-refractivity contribution >= 4 is 5.65 Å². The summed E-state index contributed by atoms with van der Waals surface area (Å²) in [4.78, 5) is 18.2. The standard InChI is InChI=1S/C9H11N3O/c1-5-4-8(13)11-9-6(2)10-7(3)12(5)9/h4H,1-3H3,(H,11,13). The van der Waals surface area contributed by atoms with Crippen molar-refractivity contribution in [1.29, 1.82) is 0 Å². The van der Waals surface area contributed by atoms with Crippen LogP contribution in [-0.4, -0.2) is 14.4 Å². The SMILES string of the molecule is Cc1nc(C)n2c(C)cc(=O)[nH]c12. The molecular weight excluding hydrogens is 166 g/mol. The van der Waals surface area contributed by atoms with Gasteiger partial charge in [0, 0.05) is 11.8 Å². The van der Waals surface area contributed by atoms with Crippen molar-refractivity contribution < 1.29 is 0 Å². The van der Waals surface area contributed by atoms with Gasteiger partial charge in [0.1, 0.15) is 11.5 Å². The fraction of sp³-hybridized carbons (Fsp3) is 0.333. The third-order valence-electron chi connectivity index (χ3n) is 2.15. The normalized spacial score (nSPS) is 11.0. The highest BCUT2D eigenvalue weighted by Gasteiger charge is 2.06. The summed E-state index contributed by atoms with van der Waals surface area (Å²) >= 11 is 0. The summed E-state index contributed by atoms with van der Waals surface area (Å²) in [5.74, 6) is 0.904. The summed E-state index contributed by atoms with van der Waals surface area (Å²) in [5.41, 5.74) is 2.49. The summed E-state index contributed by atoms with van der Waals surface area (Å²) in [7, 11) is 0. The maximum Gasteiger partial charge on any atom is 0.251 e. The molecule has 2 aromatic heterocycles. The molecule has 0 radical (unpaired) electrons. The number of fused-ring (bicyclic) bond motifs is 1. The molecule has 0 unspecified atom stereocenters. The van der Waals surface area contributed by atoms with Crippen LogP contribution >= 0.6 is 0 Å². The van der Waals surface area contributed by atoms with Crippen LogP contribution in [0, 0.1) is 20.8 Å². The van der Waals surface area contributed by atoms with Gasteiger partial charge in [-0.15, -0.1) is 0 Å². The fourth-order valence-corrected chi connectivity index (χ4v) is 1.65. The molecule has 0 aromatic carbocycles. The number of H-pyrrole nitrogens is 1. The Morgan fingerprint density at radius 1 is 1.38 bits per heavy atom. The van der Waals surface area contributed by atoms with Crippen molar-refractivity contribution in [3.63, 3.8) is 0 Å². The molecule has 0 amide bonds. The second-order valence-corrected chi connectivity index (χ2v) is 3.20. The van der Waals surface area contributed by atoms with Crippen molar-refractivity contribution in [3.8, 4) is 0 Å². The Kier molecular flexibility index (Phi) is 1.52. The zero-order valence-electron chi connectivity index (χ0n) is 7.88. The van der Waals surface area contributed by atoms with E-state index < -0.39 is 0 Å². The maximum absolute atomic E-state index is 11.2. The van der Waals surface area contributed by atoms with Crippen LogP contribution in [0.3, 0.4) is 0 Å². The highest BCUT2D eigenvalue weighted by atomic mass is 16.1. The van der Waals surface area contributed by atoms with E-state index in [0.29, 0.717) is 0 Å².